The number of ether oxygens (including phenoxy) is 1. The molecular weight excluding hydrogens is 326 g/mol. The van der Waals surface area contributed by atoms with Crippen LogP contribution >= 0.6 is 0 Å². The maximum absolute atomic E-state index is 12.1. The second-order valence-electron chi connectivity index (χ2n) is 5.53. The fraction of sp³-hybridized carbons (Fsp3) is 0.316. The first-order valence-corrected chi connectivity index (χ1v) is 8.20. The van der Waals surface area contributed by atoms with Crippen LogP contribution in [0.5, 0.6) is 5.75 Å². The maximum Gasteiger partial charge on any atom is 0.387 e. The molecule has 4 nitrogen and oxygen atoms in total. The summed E-state index contributed by atoms with van der Waals surface area (Å²) >= 11 is 0. The molecule has 0 spiro atoms. The first kappa shape index (κ1) is 18.7. The largest absolute Gasteiger partial charge is 0.435 e. The van der Waals surface area contributed by atoms with Gasteiger partial charge in [0.2, 0.25) is 5.91 Å². The van der Waals surface area contributed by atoms with Crippen LogP contribution in [-0.4, -0.2) is 25.6 Å². The van der Waals surface area contributed by atoms with E-state index in [1.54, 1.807) is 12.1 Å². The van der Waals surface area contributed by atoms with Crippen LogP contribution in [0.4, 0.5) is 14.5 Å². The standard InChI is InChI=1S/C19H22F2N2O2/c1-2-14-3-7-16(8-4-14)23-13-18(24)22-12-11-15-5-9-17(10-6-15)25-19(20)21/h3-10,19,23H,2,11-13H2,1H3,(H,22,24). The molecule has 0 bridgehead atoms. The number of nitrogens with one attached hydrogen (secondary N) is 2. The molecule has 2 aromatic carbocycles. The molecule has 0 aliphatic heterocycles. The molecule has 0 aromatic heterocycles. The van der Waals surface area contributed by atoms with Crippen LogP contribution < -0.4 is 15.4 Å². The summed E-state index contributed by atoms with van der Waals surface area (Å²) < 4.78 is 28.4. The van der Waals surface area contributed by atoms with Crippen LogP contribution in [0.25, 0.3) is 0 Å². The van der Waals surface area contributed by atoms with Gasteiger partial charge in [-0.3, -0.25) is 4.79 Å². The number of rotatable bonds is 9. The molecule has 2 rings (SSSR count). The van der Waals surface area contributed by atoms with Crippen LogP contribution in [0, 0.1) is 0 Å². The number of carbonyl (C=O) groups excluding carboxylic acids is 1. The Morgan fingerprint density at radius 1 is 1.04 bits per heavy atom. The van der Waals surface area contributed by atoms with E-state index in [1.807, 2.05) is 24.3 Å². The highest BCUT2D eigenvalue weighted by molar-refractivity contribution is 5.80. The minimum atomic E-state index is -2.82. The van der Waals surface area contributed by atoms with Gasteiger partial charge in [0, 0.05) is 12.2 Å². The summed E-state index contributed by atoms with van der Waals surface area (Å²) in [6, 6.07) is 14.4. The Balaban J connectivity index is 1.67. The lowest BCUT2D eigenvalue weighted by molar-refractivity contribution is -0.119. The second kappa shape index (κ2) is 9.61. The molecule has 1 amide bonds. The van der Waals surface area contributed by atoms with Gasteiger partial charge in [0.15, 0.2) is 0 Å². The number of hydrogen-bond acceptors (Lipinski definition) is 3. The molecule has 0 saturated heterocycles. The van der Waals surface area contributed by atoms with E-state index < -0.39 is 6.61 Å². The zero-order valence-corrected chi connectivity index (χ0v) is 14.1. The Kier molecular flexibility index (Phi) is 7.19. The molecule has 0 radical (unpaired) electrons. The summed E-state index contributed by atoms with van der Waals surface area (Å²) in [5, 5.41) is 5.89. The lowest BCUT2D eigenvalue weighted by Gasteiger charge is -2.09. The van der Waals surface area contributed by atoms with E-state index >= 15 is 0 Å². The highest BCUT2D eigenvalue weighted by Crippen LogP contribution is 2.15. The van der Waals surface area contributed by atoms with Crippen LogP contribution in [0.2, 0.25) is 0 Å². The van der Waals surface area contributed by atoms with E-state index in [1.165, 1.54) is 17.7 Å². The molecule has 0 unspecified atom stereocenters. The van der Waals surface area contributed by atoms with Crippen molar-refractivity contribution in [2.24, 2.45) is 0 Å². The van der Waals surface area contributed by atoms with Crippen molar-refractivity contribution in [3.63, 3.8) is 0 Å². The zero-order valence-electron chi connectivity index (χ0n) is 14.1. The third-order valence-electron chi connectivity index (χ3n) is 3.70. The van der Waals surface area contributed by atoms with Gasteiger partial charge in [0.1, 0.15) is 5.75 Å². The van der Waals surface area contributed by atoms with Crippen molar-refractivity contribution in [2.75, 3.05) is 18.4 Å². The highest BCUT2D eigenvalue weighted by Gasteiger charge is 2.04. The number of aryl methyl sites for hydroxylation is 1. The summed E-state index contributed by atoms with van der Waals surface area (Å²) in [4.78, 5) is 11.8. The summed E-state index contributed by atoms with van der Waals surface area (Å²) in [7, 11) is 0. The van der Waals surface area contributed by atoms with Gasteiger partial charge < -0.3 is 15.4 Å². The van der Waals surface area contributed by atoms with Crippen molar-refractivity contribution in [2.45, 2.75) is 26.4 Å². The highest BCUT2D eigenvalue weighted by atomic mass is 19.3. The number of hydrogen-bond donors (Lipinski definition) is 2. The zero-order chi connectivity index (χ0) is 18.1. The smallest absolute Gasteiger partial charge is 0.387 e. The van der Waals surface area contributed by atoms with Gasteiger partial charge in [-0.2, -0.15) is 8.78 Å². The third-order valence-corrected chi connectivity index (χ3v) is 3.70. The van der Waals surface area contributed by atoms with Crippen molar-refractivity contribution in [3.8, 4) is 5.75 Å². The van der Waals surface area contributed by atoms with Gasteiger partial charge >= 0.3 is 6.61 Å². The fourth-order valence-electron chi connectivity index (χ4n) is 2.29. The minimum Gasteiger partial charge on any atom is -0.435 e. The lowest BCUT2D eigenvalue weighted by Crippen LogP contribution is -2.31. The van der Waals surface area contributed by atoms with Gasteiger partial charge in [-0.1, -0.05) is 31.2 Å². The number of benzene rings is 2. The molecule has 0 atom stereocenters. The van der Waals surface area contributed by atoms with Gasteiger partial charge in [-0.25, -0.2) is 0 Å². The van der Waals surface area contributed by atoms with Crippen molar-refractivity contribution >= 4 is 11.6 Å². The third kappa shape index (κ3) is 6.79. The topological polar surface area (TPSA) is 50.4 Å². The molecule has 2 aromatic rings. The normalized spacial score (nSPS) is 10.6. The number of alkyl halides is 2. The Morgan fingerprint density at radius 3 is 2.28 bits per heavy atom. The van der Waals surface area contributed by atoms with Gasteiger partial charge in [0.25, 0.3) is 0 Å². The number of halogens is 2. The molecule has 0 heterocycles. The second-order valence-corrected chi connectivity index (χ2v) is 5.53. The molecule has 0 aliphatic rings. The minimum absolute atomic E-state index is 0.0998. The van der Waals surface area contributed by atoms with Crippen LogP contribution in [-0.2, 0) is 17.6 Å². The molecule has 6 heteroatoms. The monoisotopic (exact) mass is 348 g/mol. The molecule has 134 valence electrons. The lowest BCUT2D eigenvalue weighted by atomic mass is 10.1. The Bertz CT molecular complexity index is 658. The van der Waals surface area contributed by atoms with Crippen LogP contribution in [0.1, 0.15) is 18.1 Å². The number of anilines is 1. The van der Waals surface area contributed by atoms with E-state index in [2.05, 4.69) is 22.3 Å². The molecule has 0 saturated carbocycles. The predicted octanol–water partition coefficient (Wildman–Crippen LogP) is 3.62. The van der Waals surface area contributed by atoms with Gasteiger partial charge in [-0.05, 0) is 48.2 Å². The van der Waals surface area contributed by atoms with Crippen molar-refractivity contribution < 1.29 is 18.3 Å². The quantitative estimate of drug-likeness (QED) is 0.728. The average molecular weight is 348 g/mol. The predicted molar refractivity (Wildman–Crippen MR) is 94.1 cm³/mol. The molecule has 2 N–H and O–H groups in total. The number of carbonyl (C=O) groups is 1. The summed E-state index contributed by atoms with van der Waals surface area (Å²) in [6.45, 7) is -0.0532. The molecule has 0 aliphatic carbocycles. The molecule has 25 heavy (non-hydrogen) atoms. The first-order valence-electron chi connectivity index (χ1n) is 8.20. The summed E-state index contributed by atoms with van der Waals surface area (Å²) in [5.41, 5.74) is 3.09. The average Bonchev–Trinajstić information content (AvgIpc) is 2.61. The molecular formula is C19H22F2N2O2. The Morgan fingerprint density at radius 2 is 1.68 bits per heavy atom. The van der Waals surface area contributed by atoms with E-state index in [-0.39, 0.29) is 18.2 Å². The maximum atomic E-state index is 12.1. The van der Waals surface area contributed by atoms with E-state index in [4.69, 9.17) is 0 Å². The van der Waals surface area contributed by atoms with Gasteiger partial charge in [0.05, 0.1) is 6.54 Å². The first-order chi connectivity index (χ1) is 12.1. The summed E-state index contributed by atoms with van der Waals surface area (Å²) in [6.07, 6.45) is 1.60. The van der Waals surface area contributed by atoms with E-state index in [0.29, 0.717) is 13.0 Å². The van der Waals surface area contributed by atoms with Crippen LogP contribution in [0.3, 0.4) is 0 Å². The molecule has 0 fully saturated rings. The Hall–Kier alpha value is -2.63. The van der Waals surface area contributed by atoms with Gasteiger partial charge in [-0.15, -0.1) is 0 Å². The van der Waals surface area contributed by atoms with Crippen molar-refractivity contribution in [1.29, 1.82) is 0 Å². The van der Waals surface area contributed by atoms with Crippen molar-refractivity contribution in [3.05, 3.63) is 59.7 Å². The number of amides is 1. The van der Waals surface area contributed by atoms with Crippen LogP contribution in [0.15, 0.2) is 48.5 Å². The van der Waals surface area contributed by atoms with Crippen molar-refractivity contribution in [1.82, 2.24) is 5.32 Å². The van der Waals surface area contributed by atoms with E-state index in [9.17, 15) is 13.6 Å². The SMILES string of the molecule is CCc1ccc(NCC(=O)NCCc2ccc(OC(F)F)cc2)cc1. The van der Waals surface area contributed by atoms with E-state index in [0.717, 1.165) is 17.7 Å². The summed E-state index contributed by atoms with van der Waals surface area (Å²) in [5.74, 6) is 0.0262. The Labute approximate surface area is 146 Å². The fourth-order valence-corrected chi connectivity index (χ4v) is 2.29.